The molecule has 5 rings (SSSR count). The lowest BCUT2D eigenvalue weighted by atomic mass is 9.99. The summed E-state index contributed by atoms with van der Waals surface area (Å²) in [6, 6.07) is 6.57. The average molecular weight is 574 g/mol. The molecule has 40 heavy (non-hydrogen) atoms. The van der Waals surface area contributed by atoms with Crippen LogP contribution in [0, 0.1) is 0 Å². The number of imidazole rings is 1. The summed E-state index contributed by atoms with van der Waals surface area (Å²) >= 11 is 0. The number of rotatable bonds is 10. The van der Waals surface area contributed by atoms with Crippen LogP contribution in [0.1, 0.15) is 29.4 Å². The molecule has 210 valence electrons. The van der Waals surface area contributed by atoms with Gasteiger partial charge >= 0.3 is 10.3 Å². The molecule has 0 unspecified atom stereocenters. The number of ketones is 1. The Hall–Kier alpha value is -4.29. The van der Waals surface area contributed by atoms with Crippen molar-refractivity contribution in [1.29, 1.82) is 0 Å². The molecule has 4 aromatic rings. The summed E-state index contributed by atoms with van der Waals surface area (Å²) in [7, 11) is -4.64. The second-order valence-corrected chi connectivity index (χ2v) is 10.1. The Balaban J connectivity index is 1.15. The van der Waals surface area contributed by atoms with Gasteiger partial charge in [0.1, 0.15) is 30.2 Å². The molecule has 4 heterocycles. The molecule has 5 N–H and O–H groups in total. The Kier molecular flexibility index (Phi) is 7.55. The molecule has 1 aromatic carbocycles. The third kappa shape index (κ3) is 5.54. The van der Waals surface area contributed by atoms with Crippen LogP contribution in [0.15, 0.2) is 53.9 Å². The van der Waals surface area contributed by atoms with Crippen LogP contribution in [-0.4, -0.2) is 79.7 Å². The summed E-state index contributed by atoms with van der Waals surface area (Å²) in [6.45, 7) is -0.732. The predicted octanol–water partition coefficient (Wildman–Crippen LogP) is -0.277. The van der Waals surface area contributed by atoms with Crippen LogP contribution in [0.25, 0.3) is 22.5 Å². The van der Waals surface area contributed by atoms with Crippen molar-refractivity contribution in [1.82, 2.24) is 29.2 Å². The number of aliphatic hydroxyl groups excluding tert-OH is 2. The maximum absolute atomic E-state index is 12.7. The molecule has 0 radical (unpaired) electrons. The van der Waals surface area contributed by atoms with E-state index in [1.165, 1.54) is 29.8 Å². The Morgan fingerprint density at radius 1 is 1.12 bits per heavy atom. The molecule has 0 saturated carbocycles. The first-order valence-corrected chi connectivity index (χ1v) is 13.2. The van der Waals surface area contributed by atoms with Gasteiger partial charge in [-0.05, 0) is 0 Å². The van der Waals surface area contributed by atoms with Gasteiger partial charge in [0.2, 0.25) is 5.91 Å². The number of aromatic nitrogens is 5. The number of nitrogens with one attached hydrogen (secondary N) is 1. The molecule has 4 atom stereocenters. The van der Waals surface area contributed by atoms with E-state index in [1.807, 2.05) is 0 Å². The van der Waals surface area contributed by atoms with Gasteiger partial charge in [-0.3, -0.25) is 18.3 Å². The Morgan fingerprint density at radius 2 is 1.93 bits per heavy atom. The van der Waals surface area contributed by atoms with Gasteiger partial charge in [-0.15, -0.1) is 0 Å². The minimum absolute atomic E-state index is 0.0965. The van der Waals surface area contributed by atoms with Crippen LogP contribution in [0.3, 0.4) is 0 Å². The van der Waals surface area contributed by atoms with E-state index in [4.69, 9.17) is 19.1 Å². The third-order valence-corrected chi connectivity index (χ3v) is 7.05. The second kappa shape index (κ2) is 11.1. The number of fused-ring (bicyclic) bond motifs is 1. The standard InChI is InChI=1S/C23H23N7O9S/c24-21-18-22(27-9-26-21)30(10-28-18)23-20(34)19(33)16(39-23)8-38-40(35,36)29-17(32)6-5-14(31)12-3-1-2-4-13(12)15-7-25-11-37-15/h1-4,7,9-11,16,19-20,23,33-34H,5-6,8H2,(H,29,32)(H2,24,26,27)/t16-,19-,20-,23-/m1/s1. The Morgan fingerprint density at radius 3 is 2.70 bits per heavy atom. The highest BCUT2D eigenvalue weighted by atomic mass is 32.2. The number of anilines is 1. The van der Waals surface area contributed by atoms with Crippen LogP contribution in [-0.2, 0) is 24.0 Å². The Labute approximate surface area is 226 Å². The van der Waals surface area contributed by atoms with E-state index in [1.54, 1.807) is 29.0 Å². The lowest BCUT2D eigenvalue weighted by Gasteiger charge is -2.16. The highest BCUT2D eigenvalue weighted by Gasteiger charge is 2.45. The van der Waals surface area contributed by atoms with Gasteiger partial charge in [-0.25, -0.2) is 24.7 Å². The zero-order valence-electron chi connectivity index (χ0n) is 20.5. The van der Waals surface area contributed by atoms with Crippen LogP contribution in [0.4, 0.5) is 5.82 Å². The van der Waals surface area contributed by atoms with Crippen molar-refractivity contribution in [3.8, 4) is 11.3 Å². The lowest BCUT2D eigenvalue weighted by molar-refractivity contribution is -0.119. The molecule has 0 bridgehead atoms. The van der Waals surface area contributed by atoms with Crippen molar-refractivity contribution in [3.63, 3.8) is 0 Å². The number of ether oxygens (including phenoxy) is 1. The molecule has 16 nitrogen and oxygen atoms in total. The van der Waals surface area contributed by atoms with Crippen LogP contribution >= 0.6 is 0 Å². The highest BCUT2D eigenvalue weighted by Crippen LogP contribution is 2.32. The largest absolute Gasteiger partial charge is 0.443 e. The monoisotopic (exact) mass is 573 g/mol. The highest BCUT2D eigenvalue weighted by molar-refractivity contribution is 7.85. The van der Waals surface area contributed by atoms with E-state index in [2.05, 4.69) is 19.9 Å². The van der Waals surface area contributed by atoms with Crippen molar-refractivity contribution in [2.45, 2.75) is 37.4 Å². The van der Waals surface area contributed by atoms with Gasteiger partial charge in [0.05, 0.1) is 19.1 Å². The minimum Gasteiger partial charge on any atom is -0.443 e. The number of nitrogens with two attached hydrogens (primary N) is 1. The molecular weight excluding hydrogens is 550 g/mol. The number of nitrogen functional groups attached to an aromatic ring is 1. The Bertz CT molecular complexity index is 1640. The fourth-order valence-corrected chi connectivity index (χ4v) is 4.93. The molecule has 0 spiro atoms. The van der Waals surface area contributed by atoms with E-state index in [0.717, 1.165) is 0 Å². The molecular formula is C23H23N7O9S. The topological polar surface area (TPSA) is 235 Å². The zero-order chi connectivity index (χ0) is 28.4. The number of carbonyl (C=O) groups is 2. The minimum atomic E-state index is -4.64. The fraction of sp³-hybridized carbons (Fsp3) is 0.304. The maximum Gasteiger partial charge on any atom is 0.362 e. The molecule has 3 aromatic heterocycles. The number of Topliss-reactive ketones (excluding diaryl/α,β-unsaturated/α-hetero) is 1. The number of carbonyl (C=O) groups excluding carboxylic acids is 2. The lowest BCUT2D eigenvalue weighted by Crippen LogP contribution is -2.37. The molecule has 1 aliphatic heterocycles. The number of nitrogens with zero attached hydrogens (tertiary/aromatic N) is 5. The van der Waals surface area contributed by atoms with Crippen molar-refractivity contribution in [2.24, 2.45) is 0 Å². The zero-order valence-corrected chi connectivity index (χ0v) is 21.3. The molecule has 0 aliphatic carbocycles. The SMILES string of the molecule is Nc1ncnc2c1ncn2[C@@H]1O[C@H](COS(=O)(=O)NC(=O)CCC(=O)c2ccccc2-c2cnco2)[C@@H](O)[C@H]1O. The molecule has 1 amide bonds. The van der Waals surface area contributed by atoms with Gasteiger partial charge in [-0.2, -0.15) is 8.42 Å². The molecule has 1 aliphatic rings. The van der Waals surface area contributed by atoms with E-state index in [9.17, 15) is 28.2 Å². The van der Waals surface area contributed by atoms with E-state index < -0.39 is 59.6 Å². The first-order valence-electron chi connectivity index (χ1n) is 11.8. The van der Waals surface area contributed by atoms with Crippen molar-refractivity contribution in [2.75, 3.05) is 12.3 Å². The quantitative estimate of drug-likeness (QED) is 0.179. The van der Waals surface area contributed by atoms with Crippen LogP contribution in [0.5, 0.6) is 0 Å². The number of benzene rings is 1. The van der Waals surface area contributed by atoms with E-state index >= 15 is 0 Å². The average Bonchev–Trinajstić information content (AvgIpc) is 3.67. The first-order chi connectivity index (χ1) is 19.1. The van der Waals surface area contributed by atoms with Gasteiger partial charge in [0, 0.05) is 24.0 Å². The number of hydrogen-bond acceptors (Lipinski definition) is 14. The van der Waals surface area contributed by atoms with E-state index in [0.29, 0.717) is 11.3 Å². The van der Waals surface area contributed by atoms with Crippen LogP contribution < -0.4 is 10.5 Å². The maximum atomic E-state index is 12.7. The third-order valence-electron chi connectivity index (χ3n) is 6.13. The van der Waals surface area contributed by atoms with Crippen molar-refractivity contribution in [3.05, 3.63) is 55.1 Å². The number of aliphatic hydroxyl groups is 2. The summed E-state index contributed by atoms with van der Waals surface area (Å²) in [5.41, 5.74) is 7.00. The smallest absolute Gasteiger partial charge is 0.362 e. The number of amides is 1. The summed E-state index contributed by atoms with van der Waals surface area (Å²) in [5.74, 6) is -0.939. The van der Waals surface area contributed by atoms with E-state index in [-0.39, 0.29) is 29.0 Å². The van der Waals surface area contributed by atoms with Gasteiger partial charge in [0.15, 0.2) is 35.6 Å². The molecule has 1 fully saturated rings. The predicted molar refractivity (Wildman–Crippen MR) is 134 cm³/mol. The second-order valence-electron chi connectivity index (χ2n) is 8.73. The van der Waals surface area contributed by atoms with Crippen molar-refractivity contribution >= 4 is 39.0 Å². The normalized spacial score (nSPS) is 21.1. The fourth-order valence-electron chi connectivity index (χ4n) is 4.18. The molecule has 17 heteroatoms. The summed E-state index contributed by atoms with van der Waals surface area (Å²) < 4.78 is 43.3. The number of hydrogen-bond donors (Lipinski definition) is 4. The van der Waals surface area contributed by atoms with Gasteiger partial charge in [0.25, 0.3) is 0 Å². The molecule has 1 saturated heterocycles. The summed E-state index contributed by atoms with van der Waals surface area (Å²) in [5, 5.41) is 20.9. The first kappa shape index (κ1) is 27.3. The van der Waals surface area contributed by atoms with Crippen molar-refractivity contribution < 1.29 is 41.6 Å². The summed E-state index contributed by atoms with van der Waals surface area (Å²) in [4.78, 5) is 40.7. The van der Waals surface area contributed by atoms with Gasteiger partial charge < -0.3 is 25.1 Å². The number of oxazole rings is 1. The van der Waals surface area contributed by atoms with Gasteiger partial charge in [-0.1, -0.05) is 24.3 Å². The summed E-state index contributed by atoms with van der Waals surface area (Å²) in [6.07, 6.45) is -1.14. The van der Waals surface area contributed by atoms with Crippen LogP contribution in [0.2, 0.25) is 0 Å².